The topological polar surface area (TPSA) is 38.3 Å². The van der Waals surface area contributed by atoms with Gasteiger partial charge in [0.25, 0.3) is 6.47 Å². The molecule has 3 nitrogen and oxygen atoms in total. The molecule has 1 heterocycles. The highest BCUT2D eigenvalue weighted by Crippen LogP contribution is 2.26. The molecule has 0 bridgehead atoms. The second-order valence-electron chi connectivity index (χ2n) is 3.12. The molecule has 1 rings (SSSR count). The van der Waals surface area contributed by atoms with Gasteiger partial charge in [-0.25, -0.2) is 4.39 Å². The van der Waals surface area contributed by atoms with Gasteiger partial charge in [0.15, 0.2) is 0 Å². The summed E-state index contributed by atoms with van der Waals surface area (Å²) in [6.45, 7) is 2.00. The van der Waals surface area contributed by atoms with Gasteiger partial charge in [0.1, 0.15) is 5.67 Å². The fourth-order valence-electron chi connectivity index (χ4n) is 1.41. The fourth-order valence-corrected chi connectivity index (χ4v) is 1.41. The van der Waals surface area contributed by atoms with E-state index in [0.717, 1.165) is 13.1 Å². The summed E-state index contributed by atoms with van der Waals surface area (Å²) < 4.78 is 18.1. The van der Waals surface area contributed by atoms with Crippen LogP contribution in [0.5, 0.6) is 0 Å². The molecule has 1 N–H and O–H groups in total. The normalized spacial score (nSPS) is 21.8. The smallest absolute Gasteiger partial charge is 0.293 e. The summed E-state index contributed by atoms with van der Waals surface area (Å²) in [6.07, 6.45) is 1.37. The minimum absolute atomic E-state index is 0.194. The lowest BCUT2D eigenvalue weighted by molar-refractivity contribution is -0.129. The molecule has 1 aliphatic heterocycles. The Hall–Kier alpha value is -0.640. The molecular weight excluding hydrogens is 161 g/mol. The molecule has 0 spiro atoms. The molecule has 4 heteroatoms. The highest BCUT2D eigenvalue weighted by Gasteiger charge is 2.31. The molecule has 0 unspecified atom stereocenters. The van der Waals surface area contributed by atoms with Gasteiger partial charge in [0.2, 0.25) is 0 Å². The summed E-state index contributed by atoms with van der Waals surface area (Å²) >= 11 is 0. The van der Waals surface area contributed by atoms with Crippen LogP contribution < -0.4 is 5.32 Å². The van der Waals surface area contributed by atoms with Gasteiger partial charge in [-0.05, 0) is 25.9 Å². The van der Waals surface area contributed by atoms with Crippen molar-refractivity contribution in [2.24, 2.45) is 0 Å². The van der Waals surface area contributed by atoms with Gasteiger partial charge in [0.05, 0.1) is 6.61 Å². The average molecular weight is 175 g/mol. The van der Waals surface area contributed by atoms with Gasteiger partial charge < -0.3 is 10.1 Å². The number of nitrogens with one attached hydrogen (secondary N) is 1. The third-order valence-corrected chi connectivity index (χ3v) is 2.24. The van der Waals surface area contributed by atoms with Crippen LogP contribution in [0.2, 0.25) is 0 Å². The maximum atomic E-state index is 13.7. The van der Waals surface area contributed by atoms with Gasteiger partial charge in [-0.15, -0.1) is 0 Å². The maximum Gasteiger partial charge on any atom is 0.293 e. The number of carbonyl (C=O) groups is 1. The first-order chi connectivity index (χ1) is 5.77. The number of ether oxygens (including phenoxy) is 1. The van der Waals surface area contributed by atoms with Crippen molar-refractivity contribution < 1.29 is 13.9 Å². The van der Waals surface area contributed by atoms with Crippen molar-refractivity contribution in [2.75, 3.05) is 19.7 Å². The summed E-state index contributed by atoms with van der Waals surface area (Å²) in [5, 5.41) is 3.08. The monoisotopic (exact) mass is 175 g/mol. The van der Waals surface area contributed by atoms with Crippen molar-refractivity contribution in [2.45, 2.75) is 24.9 Å². The second-order valence-corrected chi connectivity index (χ2v) is 3.12. The Bertz CT molecular complexity index is 146. The van der Waals surface area contributed by atoms with E-state index < -0.39 is 5.67 Å². The zero-order chi connectivity index (χ0) is 8.86. The summed E-state index contributed by atoms with van der Waals surface area (Å²) in [5.74, 6) is 0. The SMILES string of the molecule is O=COCCC1(F)CCNCC1. The molecular formula is C8H14FNO2. The molecule has 1 fully saturated rings. The first-order valence-electron chi connectivity index (χ1n) is 4.22. The van der Waals surface area contributed by atoms with E-state index in [1.807, 2.05) is 0 Å². The van der Waals surface area contributed by atoms with Crippen LogP contribution in [0.1, 0.15) is 19.3 Å². The Morgan fingerprint density at radius 1 is 1.50 bits per heavy atom. The first kappa shape index (κ1) is 9.45. The predicted octanol–water partition coefficient (Wildman–Crippen LogP) is 0.641. The van der Waals surface area contributed by atoms with Crippen molar-refractivity contribution in [3.05, 3.63) is 0 Å². The van der Waals surface area contributed by atoms with E-state index in [-0.39, 0.29) is 6.61 Å². The zero-order valence-corrected chi connectivity index (χ0v) is 7.01. The lowest BCUT2D eigenvalue weighted by Gasteiger charge is -2.29. The quantitative estimate of drug-likeness (QED) is 0.503. The van der Waals surface area contributed by atoms with Crippen molar-refractivity contribution in [3.8, 4) is 0 Å². The zero-order valence-electron chi connectivity index (χ0n) is 7.01. The minimum Gasteiger partial charge on any atom is -0.468 e. The molecule has 1 aliphatic rings. The van der Waals surface area contributed by atoms with Crippen molar-refractivity contribution >= 4 is 6.47 Å². The molecule has 1 saturated heterocycles. The van der Waals surface area contributed by atoms with E-state index in [9.17, 15) is 9.18 Å². The van der Waals surface area contributed by atoms with Gasteiger partial charge in [-0.2, -0.15) is 0 Å². The van der Waals surface area contributed by atoms with Crippen molar-refractivity contribution in [1.82, 2.24) is 5.32 Å². The molecule has 12 heavy (non-hydrogen) atoms. The minimum atomic E-state index is -1.12. The Labute approximate surface area is 71.3 Å². The molecule has 70 valence electrons. The lowest BCUT2D eigenvalue weighted by Crippen LogP contribution is -2.39. The van der Waals surface area contributed by atoms with Gasteiger partial charge in [-0.1, -0.05) is 0 Å². The van der Waals surface area contributed by atoms with Crippen LogP contribution in [0, 0.1) is 0 Å². The van der Waals surface area contributed by atoms with Crippen LogP contribution in [0.3, 0.4) is 0 Å². The Kier molecular flexibility index (Phi) is 3.47. The Balaban J connectivity index is 2.21. The molecule has 0 aromatic rings. The lowest BCUT2D eigenvalue weighted by atomic mass is 9.91. The van der Waals surface area contributed by atoms with Gasteiger partial charge >= 0.3 is 0 Å². The number of hydrogen-bond acceptors (Lipinski definition) is 3. The fraction of sp³-hybridized carbons (Fsp3) is 0.875. The molecule has 0 saturated carbocycles. The summed E-state index contributed by atoms with van der Waals surface area (Å²) in [4.78, 5) is 9.79. The average Bonchev–Trinajstić information content (AvgIpc) is 2.06. The van der Waals surface area contributed by atoms with Crippen LogP contribution in [0.15, 0.2) is 0 Å². The summed E-state index contributed by atoms with van der Waals surface area (Å²) in [6, 6.07) is 0. The van der Waals surface area contributed by atoms with Crippen LogP contribution in [-0.2, 0) is 9.53 Å². The first-order valence-corrected chi connectivity index (χ1v) is 4.22. The van der Waals surface area contributed by atoms with Crippen molar-refractivity contribution in [3.63, 3.8) is 0 Å². The van der Waals surface area contributed by atoms with Crippen LogP contribution in [-0.4, -0.2) is 31.8 Å². The van der Waals surface area contributed by atoms with Crippen LogP contribution in [0.4, 0.5) is 4.39 Å². The number of alkyl halides is 1. The molecule has 0 atom stereocenters. The highest BCUT2D eigenvalue weighted by atomic mass is 19.1. The van der Waals surface area contributed by atoms with E-state index in [0.29, 0.717) is 25.7 Å². The number of hydrogen-bond donors (Lipinski definition) is 1. The largest absolute Gasteiger partial charge is 0.468 e. The Morgan fingerprint density at radius 3 is 2.75 bits per heavy atom. The van der Waals surface area contributed by atoms with E-state index in [4.69, 9.17) is 0 Å². The molecule has 0 radical (unpaired) electrons. The molecule has 0 aliphatic carbocycles. The standard InChI is InChI=1S/C8H14FNO2/c9-8(3-6-12-7-11)1-4-10-5-2-8/h7,10H,1-6H2. The van der Waals surface area contributed by atoms with Crippen molar-refractivity contribution in [1.29, 1.82) is 0 Å². The number of piperidine rings is 1. The van der Waals surface area contributed by atoms with Crippen LogP contribution >= 0.6 is 0 Å². The van der Waals surface area contributed by atoms with Gasteiger partial charge in [-0.3, -0.25) is 4.79 Å². The van der Waals surface area contributed by atoms with E-state index in [1.54, 1.807) is 0 Å². The number of rotatable bonds is 4. The highest BCUT2D eigenvalue weighted by molar-refractivity contribution is 5.36. The molecule has 0 amide bonds. The number of halogens is 1. The van der Waals surface area contributed by atoms with E-state index in [2.05, 4.69) is 10.1 Å². The third-order valence-electron chi connectivity index (χ3n) is 2.24. The van der Waals surface area contributed by atoms with E-state index >= 15 is 0 Å². The third kappa shape index (κ3) is 2.77. The second kappa shape index (κ2) is 4.40. The van der Waals surface area contributed by atoms with Crippen LogP contribution in [0.25, 0.3) is 0 Å². The molecule has 0 aromatic carbocycles. The van der Waals surface area contributed by atoms with E-state index in [1.165, 1.54) is 0 Å². The number of carbonyl (C=O) groups excluding carboxylic acids is 1. The maximum absolute atomic E-state index is 13.7. The Morgan fingerprint density at radius 2 is 2.17 bits per heavy atom. The predicted molar refractivity (Wildman–Crippen MR) is 42.6 cm³/mol. The summed E-state index contributed by atoms with van der Waals surface area (Å²) in [7, 11) is 0. The molecule has 0 aromatic heterocycles. The van der Waals surface area contributed by atoms with Gasteiger partial charge in [0, 0.05) is 6.42 Å². The summed E-state index contributed by atoms with van der Waals surface area (Å²) in [5.41, 5.74) is -1.12.